The molecule has 1 saturated carbocycles. The molecule has 7 heteroatoms. The minimum absolute atomic E-state index is 0.00566. The Bertz CT molecular complexity index is 2640. The molecule has 56 heavy (non-hydrogen) atoms. The van der Waals surface area contributed by atoms with Gasteiger partial charge >= 0.3 is 7.82 Å². The first-order valence-electron chi connectivity index (χ1n) is 20.9. The Morgan fingerprint density at radius 1 is 0.679 bits per heavy atom. The summed E-state index contributed by atoms with van der Waals surface area (Å²) in [6.07, 6.45) is 16.2. The first kappa shape index (κ1) is 32.5. The van der Waals surface area contributed by atoms with Crippen LogP contribution >= 0.6 is 7.82 Å². The summed E-state index contributed by atoms with van der Waals surface area (Å²) in [5, 5.41) is 22.1. The number of phosphoric ester groups is 1. The smallest absolute Gasteiger partial charge is 0.507 e. The number of nitriles is 1. The molecule has 0 saturated heterocycles. The van der Waals surface area contributed by atoms with Crippen LogP contribution in [-0.2, 0) is 13.6 Å². The number of hydrogen-bond donors (Lipinski definition) is 1. The molecule has 4 aromatic carbocycles. The summed E-state index contributed by atoms with van der Waals surface area (Å²) in [6.45, 7) is -0.0758. The highest BCUT2D eigenvalue weighted by atomic mass is 31.2. The zero-order valence-corrected chi connectivity index (χ0v) is 32.1. The fraction of sp³-hybridized carbons (Fsp3) is 0.408. The molecule has 9 aliphatic carbocycles. The maximum atomic E-state index is 14.7. The zero-order chi connectivity index (χ0) is 37.2. The maximum Gasteiger partial charge on any atom is 0.530 e. The minimum Gasteiger partial charge on any atom is -0.507 e. The number of phenolic OH excluding ortho intramolecular Hbond substituents is 1. The molecule has 6 nitrogen and oxygen atoms in total. The Morgan fingerprint density at radius 2 is 1.21 bits per heavy atom. The van der Waals surface area contributed by atoms with Crippen molar-refractivity contribution in [2.24, 2.45) is 5.92 Å². The van der Waals surface area contributed by atoms with E-state index in [2.05, 4.69) is 66.6 Å². The largest absolute Gasteiger partial charge is 0.530 e. The lowest BCUT2D eigenvalue weighted by atomic mass is 9.72. The molecule has 9 aliphatic rings. The lowest BCUT2D eigenvalue weighted by molar-refractivity contribution is 0.159. The number of nitrogens with zero attached hydrogens (tertiary/aromatic N) is 1. The van der Waals surface area contributed by atoms with Crippen LogP contribution in [0.4, 0.5) is 0 Å². The van der Waals surface area contributed by atoms with Crippen LogP contribution in [0.5, 0.6) is 11.5 Å². The molecule has 10 atom stereocenters. The molecule has 0 amide bonds. The van der Waals surface area contributed by atoms with Crippen molar-refractivity contribution >= 4 is 7.82 Å². The van der Waals surface area contributed by atoms with Crippen molar-refractivity contribution in [2.45, 2.75) is 105 Å². The Morgan fingerprint density at radius 3 is 1.82 bits per heavy atom. The number of allylic oxidation sites excluding steroid dienone is 2. The quantitative estimate of drug-likeness (QED) is 0.0834. The van der Waals surface area contributed by atoms with Crippen molar-refractivity contribution in [3.63, 3.8) is 0 Å². The second kappa shape index (κ2) is 11.3. The highest BCUT2D eigenvalue weighted by molar-refractivity contribution is 7.48. The number of aromatic hydroxyl groups is 1. The van der Waals surface area contributed by atoms with E-state index in [9.17, 15) is 14.9 Å². The molecule has 9 unspecified atom stereocenters. The van der Waals surface area contributed by atoms with Gasteiger partial charge in [0, 0.05) is 70.1 Å². The predicted molar refractivity (Wildman–Crippen MR) is 212 cm³/mol. The van der Waals surface area contributed by atoms with Gasteiger partial charge in [-0.1, -0.05) is 60.2 Å². The van der Waals surface area contributed by atoms with E-state index in [0.717, 1.165) is 41.5 Å². The summed E-state index contributed by atoms with van der Waals surface area (Å²) < 4.78 is 33.4. The monoisotopic (exact) mass is 755 g/mol. The number of fused-ring (bicyclic) bond motifs is 32. The molecule has 278 valence electrons. The third-order valence-corrected chi connectivity index (χ3v) is 17.2. The predicted octanol–water partition coefficient (Wildman–Crippen LogP) is 11.1. The van der Waals surface area contributed by atoms with Gasteiger partial charge in [-0.2, -0.15) is 5.26 Å². The van der Waals surface area contributed by atoms with E-state index in [-0.39, 0.29) is 49.7 Å². The Balaban J connectivity index is 0.977. The van der Waals surface area contributed by atoms with Crippen molar-refractivity contribution in [1.82, 2.24) is 0 Å². The summed E-state index contributed by atoms with van der Waals surface area (Å²) in [6, 6.07) is 21.0. The van der Waals surface area contributed by atoms with Crippen LogP contribution in [0.15, 0.2) is 60.2 Å². The first-order valence-corrected chi connectivity index (χ1v) is 22.4. The second-order valence-electron chi connectivity index (χ2n) is 17.9. The molecule has 0 aliphatic heterocycles. The number of benzene rings is 4. The second-order valence-corrected chi connectivity index (χ2v) is 19.5. The van der Waals surface area contributed by atoms with Crippen LogP contribution in [0.3, 0.4) is 0 Å². The molecular weight excluding hydrogens is 714 g/mol. The van der Waals surface area contributed by atoms with Crippen molar-refractivity contribution in [3.05, 3.63) is 138 Å². The fourth-order valence-electron chi connectivity index (χ4n) is 13.9. The highest BCUT2D eigenvalue weighted by Crippen LogP contribution is 2.73. The first-order chi connectivity index (χ1) is 27.5. The lowest BCUT2D eigenvalue weighted by Crippen LogP contribution is -2.18. The maximum absolute atomic E-state index is 14.7. The summed E-state index contributed by atoms with van der Waals surface area (Å²) in [5.74, 6) is 6.19. The van der Waals surface area contributed by atoms with Gasteiger partial charge in [0.1, 0.15) is 11.5 Å². The van der Waals surface area contributed by atoms with E-state index in [1.165, 1.54) is 81.3 Å². The molecule has 0 heterocycles. The molecule has 0 aromatic heterocycles. The van der Waals surface area contributed by atoms with Gasteiger partial charge in [0.25, 0.3) is 0 Å². The number of phenols is 1. The standard InChI is InChI=1S/C49H42NO5P/c1-2-3-14-53-56(52,54-15-8-13-50)55-49-46-42-22-40(36-18-32-28-16-30(34(32)20-38(36)42)26-11-6-4-9-24(26)28)44(46)48(51)45-41-23-43(47(45)49)39-21-35-31-17-29(33(35)19-37(39)41)25-10-5-7-12-27(25)31/h1,4,6,9-11,18-21,27-31,40-43,51H,3,5,7-8,12,14-17,22-23H2/t27?,28?,29?,30-,31?,40?,41?,42?,43?,56?/m1/s1. The Labute approximate surface area is 327 Å². The van der Waals surface area contributed by atoms with E-state index in [1.54, 1.807) is 5.57 Å². The fourth-order valence-corrected chi connectivity index (χ4v) is 15.2. The summed E-state index contributed by atoms with van der Waals surface area (Å²) >= 11 is 0. The minimum atomic E-state index is -4.23. The topological polar surface area (TPSA) is 88.8 Å². The molecule has 13 rings (SSSR count). The molecule has 1 N–H and O–H groups in total. The van der Waals surface area contributed by atoms with Crippen molar-refractivity contribution in [1.29, 1.82) is 5.26 Å². The van der Waals surface area contributed by atoms with E-state index < -0.39 is 7.82 Å². The van der Waals surface area contributed by atoms with Gasteiger partial charge in [-0.05, 0) is 112 Å². The van der Waals surface area contributed by atoms with Crippen molar-refractivity contribution in [2.75, 3.05) is 13.2 Å². The van der Waals surface area contributed by atoms with Crippen LogP contribution in [0.1, 0.15) is 183 Å². The molecule has 8 bridgehead atoms. The summed E-state index contributed by atoms with van der Waals surface area (Å²) in [5.41, 5.74) is 19.6. The Kier molecular flexibility index (Phi) is 6.55. The molecule has 4 aromatic rings. The molecular formula is C49H42NO5P. The zero-order valence-electron chi connectivity index (χ0n) is 31.2. The number of hydrogen-bond acceptors (Lipinski definition) is 6. The number of terminal acetylenes is 1. The lowest BCUT2D eigenvalue weighted by Gasteiger charge is -2.34. The van der Waals surface area contributed by atoms with E-state index in [1.807, 2.05) is 0 Å². The van der Waals surface area contributed by atoms with Gasteiger partial charge in [-0.25, -0.2) is 4.57 Å². The van der Waals surface area contributed by atoms with Crippen LogP contribution in [0.25, 0.3) is 0 Å². The third kappa shape index (κ3) is 3.99. The van der Waals surface area contributed by atoms with Gasteiger partial charge in [0.05, 0.1) is 25.7 Å². The SMILES string of the molecule is C#CCCOP(=O)(OCCC#N)Oc1c2c(c(O)c3c1C1CC3c3cc4c(cc31)[C@@H]1CC4c3ccccc31)C1CC2c2cc3c(cc21)C1CC3C2CCCC=C12. The molecule has 1 fully saturated rings. The van der Waals surface area contributed by atoms with Crippen LogP contribution < -0.4 is 4.52 Å². The van der Waals surface area contributed by atoms with E-state index >= 15 is 0 Å². The van der Waals surface area contributed by atoms with Gasteiger partial charge in [0.2, 0.25) is 0 Å². The van der Waals surface area contributed by atoms with Crippen LogP contribution in [0, 0.1) is 29.6 Å². The molecule has 0 radical (unpaired) electrons. The Hall–Kier alpha value is -4.58. The normalized spacial score (nSPS) is 31.0. The molecule has 0 spiro atoms. The van der Waals surface area contributed by atoms with Gasteiger partial charge in [-0.15, -0.1) is 12.3 Å². The van der Waals surface area contributed by atoms with E-state index in [4.69, 9.17) is 20.0 Å². The van der Waals surface area contributed by atoms with Crippen LogP contribution in [0.2, 0.25) is 0 Å². The van der Waals surface area contributed by atoms with Crippen LogP contribution in [-0.4, -0.2) is 18.3 Å². The average molecular weight is 756 g/mol. The van der Waals surface area contributed by atoms with Gasteiger partial charge in [-0.3, -0.25) is 9.05 Å². The average Bonchev–Trinajstić information content (AvgIpc) is 4.10. The van der Waals surface area contributed by atoms with Crippen molar-refractivity contribution < 1.29 is 23.2 Å². The summed E-state index contributed by atoms with van der Waals surface area (Å²) in [7, 11) is -4.23. The van der Waals surface area contributed by atoms with Gasteiger partial charge in [0.15, 0.2) is 0 Å². The third-order valence-electron chi connectivity index (χ3n) is 15.8. The number of rotatable bonds is 8. The van der Waals surface area contributed by atoms with Crippen molar-refractivity contribution in [3.8, 4) is 29.9 Å². The highest BCUT2D eigenvalue weighted by Gasteiger charge is 2.56. The van der Waals surface area contributed by atoms with E-state index in [0.29, 0.717) is 41.1 Å². The van der Waals surface area contributed by atoms with Gasteiger partial charge < -0.3 is 9.63 Å². The number of phosphoric acid groups is 1. The summed E-state index contributed by atoms with van der Waals surface area (Å²) in [4.78, 5) is 0.